The number of hydrogen-bond donors (Lipinski definition) is 3. The van der Waals surface area contributed by atoms with Gasteiger partial charge in [0.25, 0.3) is 0 Å². The second-order valence-electron chi connectivity index (χ2n) is 3.19. The second kappa shape index (κ2) is 4.45. The summed E-state index contributed by atoms with van der Waals surface area (Å²) in [5.74, 6) is -1.14. The number of nitrogens with two attached hydrogens (primary N) is 1. The molecule has 0 aliphatic rings. The van der Waals surface area contributed by atoms with E-state index in [4.69, 9.17) is 10.8 Å². The Hall–Kier alpha value is -2.04. The molecule has 0 unspecified atom stereocenters. The summed E-state index contributed by atoms with van der Waals surface area (Å²) >= 11 is 0. The van der Waals surface area contributed by atoms with Gasteiger partial charge in [-0.2, -0.15) is 0 Å². The third-order valence-corrected chi connectivity index (χ3v) is 1.94. The number of carboxylic acids is 1. The van der Waals surface area contributed by atoms with Crippen LogP contribution in [0.5, 0.6) is 0 Å². The summed E-state index contributed by atoms with van der Waals surface area (Å²) in [5, 5.41) is 11.0. The lowest BCUT2D eigenvalue weighted by atomic mass is 10.1. The monoisotopic (exact) mass is 208 g/mol. The van der Waals surface area contributed by atoms with Crippen LogP contribution in [0, 0.1) is 6.92 Å². The SMILES string of the molecule is Cc1ccc([C@@H](NC(N)=O)C(=O)O)cc1. The average molecular weight is 208 g/mol. The quantitative estimate of drug-likeness (QED) is 0.685. The Morgan fingerprint density at radius 1 is 1.33 bits per heavy atom. The first-order valence-electron chi connectivity index (χ1n) is 4.36. The van der Waals surface area contributed by atoms with Crippen LogP contribution < -0.4 is 11.1 Å². The molecule has 4 N–H and O–H groups in total. The molecule has 0 radical (unpaired) electrons. The predicted molar refractivity (Wildman–Crippen MR) is 54.3 cm³/mol. The number of urea groups is 1. The van der Waals surface area contributed by atoms with E-state index in [2.05, 4.69) is 5.32 Å². The third kappa shape index (κ3) is 2.98. The van der Waals surface area contributed by atoms with Gasteiger partial charge >= 0.3 is 12.0 Å². The Balaban J connectivity index is 2.94. The van der Waals surface area contributed by atoms with E-state index in [1.807, 2.05) is 6.92 Å². The molecule has 0 spiro atoms. The van der Waals surface area contributed by atoms with Crippen molar-refractivity contribution in [2.45, 2.75) is 13.0 Å². The molecule has 5 heteroatoms. The summed E-state index contributed by atoms with van der Waals surface area (Å²) in [7, 11) is 0. The van der Waals surface area contributed by atoms with Crippen molar-refractivity contribution in [3.8, 4) is 0 Å². The van der Waals surface area contributed by atoms with E-state index < -0.39 is 18.0 Å². The van der Waals surface area contributed by atoms with Crippen molar-refractivity contribution in [2.75, 3.05) is 0 Å². The van der Waals surface area contributed by atoms with Crippen LogP contribution in [0.4, 0.5) is 4.79 Å². The topological polar surface area (TPSA) is 92.4 Å². The molecule has 1 aromatic rings. The van der Waals surface area contributed by atoms with Gasteiger partial charge in [-0.3, -0.25) is 0 Å². The molecule has 15 heavy (non-hydrogen) atoms. The third-order valence-electron chi connectivity index (χ3n) is 1.94. The van der Waals surface area contributed by atoms with Crippen molar-refractivity contribution < 1.29 is 14.7 Å². The zero-order valence-corrected chi connectivity index (χ0v) is 8.23. The lowest BCUT2D eigenvalue weighted by Crippen LogP contribution is -2.37. The van der Waals surface area contributed by atoms with Crippen molar-refractivity contribution in [3.05, 3.63) is 35.4 Å². The number of benzene rings is 1. The Morgan fingerprint density at radius 2 is 1.87 bits per heavy atom. The zero-order valence-electron chi connectivity index (χ0n) is 8.23. The highest BCUT2D eigenvalue weighted by Crippen LogP contribution is 2.13. The number of nitrogens with one attached hydrogen (secondary N) is 1. The van der Waals surface area contributed by atoms with Crippen molar-refractivity contribution >= 4 is 12.0 Å². The molecule has 1 aromatic carbocycles. The Morgan fingerprint density at radius 3 is 2.27 bits per heavy atom. The van der Waals surface area contributed by atoms with Gasteiger partial charge in [0.1, 0.15) is 0 Å². The number of amides is 2. The molecular weight excluding hydrogens is 196 g/mol. The molecule has 0 bridgehead atoms. The maximum absolute atomic E-state index is 10.9. The number of carbonyl (C=O) groups is 2. The number of carbonyl (C=O) groups excluding carboxylic acids is 1. The maximum atomic E-state index is 10.9. The summed E-state index contributed by atoms with van der Waals surface area (Å²) in [6, 6.07) is 4.88. The fourth-order valence-corrected chi connectivity index (χ4v) is 1.19. The molecule has 80 valence electrons. The highest BCUT2D eigenvalue weighted by Gasteiger charge is 2.20. The summed E-state index contributed by atoms with van der Waals surface area (Å²) in [6.45, 7) is 1.89. The van der Waals surface area contributed by atoms with Crippen LogP contribution in [-0.4, -0.2) is 17.1 Å². The average Bonchev–Trinajstić information content (AvgIpc) is 2.15. The van der Waals surface area contributed by atoms with Crippen LogP contribution in [0.25, 0.3) is 0 Å². The van der Waals surface area contributed by atoms with Crippen molar-refractivity contribution in [1.29, 1.82) is 0 Å². The van der Waals surface area contributed by atoms with Crippen molar-refractivity contribution in [1.82, 2.24) is 5.32 Å². The zero-order chi connectivity index (χ0) is 11.4. The molecule has 0 saturated carbocycles. The summed E-state index contributed by atoms with van der Waals surface area (Å²) < 4.78 is 0. The molecular formula is C10H12N2O3. The van der Waals surface area contributed by atoms with Gasteiger partial charge in [0.05, 0.1) is 0 Å². The molecule has 0 heterocycles. The van der Waals surface area contributed by atoms with Crippen LogP contribution in [-0.2, 0) is 4.79 Å². The van der Waals surface area contributed by atoms with E-state index in [1.165, 1.54) is 0 Å². The minimum Gasteiger partial charge on any atom is -0.479 e. The number of hydrogen-bond acceptors (Lipinski definition) is 2. The largest absolute Gasteiger partial charge is 0.479 e. The predicted octanol–water partition coefficient (Wildman–Crippen LogP) is 0.789. The number of primary amides is 1. The van der Waals surface area contributed by atoms with Crippen molar-refractivity contribution in [2.24, 2.45) is 5.73 Å². The van der Waals surface area contributed by atoms with E-state index in [0.29, 0.717) is 5.56 Å². The minimum atomic E-state index is -1.14. The van der Waals surface area contributed by atoms with Gasteiger partial charge in [0.2, 0.25) is 0 Å². The molecule has 5 nitrogen and oxygen atoms in total. The van der Waals surface area contributed by atoms with Gasteiger partial charge in [0.15, 0.2) is 6.04 Å². The number of carboxylic acid groups (broad SMARTS) is 1. The van der Waals surface area contributed by atoms with Crippen molar-refractivity contribution in [3.63, 3.8) is 0 Å². The normalized spacial score (nSPS) is 11.8. The highest BCUT2D eigenvalue weighted by molar-refractivity contribution is 5.82. The molecule has 0 aliphatic carbocycles. The fourth-order valence-electron chi connectivity index (χ4n) is 1.19. The number of rotatable bonds is 3. The maximum Gasteiger partial charge on any atom is 0.330 e. The Kier molecular flexibility index (Phi) is 3.28. The van der Waals surface area contributed by atoms with Crippen LogP contribution in [0.3, 0.4) is 0 Å². The van der Waals surface area contributed by atoms with E-state index >= 15 is 0 Å². The lowest BCUT2D eigenvalue weighted by Gasteiger charge is -2.13. The van der Waals surface area contributed by atoms with Crippen LogP contribution in [0.15, 0.2) is 24.3 Å². The highest BCUT2D eigenvalue weighted by atomic mass is 16.4. The standard InChI is InChI=1S/C10H12N2O3/c1-6-2-4-7(5-3-6)8(9(13)14)12-10(11)15/h2-5,8H,1H3,(H,13,14)(H3,11,12,15)/t8-/m1/s1. The molecule has 2 amide bonds. The summed E-state index contributed by atoms with van der Waals surface area (Å²) in [4.78, 5) is 21.5. The van der Waals surface area contributed by atoms with E-state index in [1.54, 1.807) is 24.3 Å². The van der Waals surface area contributed by atoms with E-state index in [9.17, 15) is 9.59 Å². The molecule has 0 fully saturated rings. The van der Waals surface area contributed by atoms with E-state index in [0.717, 1.165) is 5.56 Å². The summed E-state index contributed by atoms with van der Waals surface area (Å²) in [6.07, 6.45) is 0. The number of aryl methyl sites for hydroxylation is 1. The molecule has 1 rings (SSSR count). The summed E-state index contributed by atoms with van der Waals surface area (Å²) in [5.41, 5.74) is 6.39. The van der Waals surface area contributed by atoms with E-state index in [-0.39, 0.29) is 0 Å². The first kappa shape index (κ1) is 11.0. The van der Waals surface area contributed by atoms with Crippen LogP contribution in [0.1, 0.15) is 17.2 Å². The lowest BCUT2D eigenvalue weighted by molar-refractivity contribution is -0.139. The van der Waals surface area contributed by atoms with Gasteiger partial charge in [-0.25, -0.2) is 9.59 Å². The fraction of sp³-hybridized carbons (Fsp3) is 0.200. The van der Waals surface area contributed by atoms with Gasteiger partial charge in [0, 0.05) is 0 Å². The first-order valence-corrected chi connectivity index (χ1v) is 4.36. The van der Waals surface area contributed by atoms with Gasteiger partial charge < -0.3 is 16.2 Å². The molecule has 1 atom stereocenters. The van der Waals surface area contributed by atoms with Gasteiger partial charge in [-0.15, -0.1) is 0 Å². The Labute approximate surface area is 86.9 Å². The molecule has 0 saturated heterocycles. The van der Waals surface area contributed by atoms with Gasteiger partial charge in [-0.1, -0.05) is 29.8 Å². The molecule has 0 aromatic heterocycles. The number of aliphatic carboxylic acids is 1. The Bertz CT molecular complexity index is 373. The van der Waals surface area contributed by atoms with Crippen LogP contribution >= 0.6 is 0 Å². The second-order valence-corrected chi connectivity index (χ2v) is 3.19. The smallest absolute Gasteiger partial charge is 0.330 e. The van der Waals surface area contributed by atoms with Gasteiger partial charge in [-0.05, 0) is 12.5 Å². The molecule has 0 aliphatic heterocycles. The van der Waals surface area contributed by atoms with Crippen LogP contribution in [0.2, 0.25) is 0 Å². The first-order chi connectivity index (χ1) is 7.00. The minimum absolute atomic E-state index is 0.493.